The van der Waals surface area contributed by atoms with E-state index in [9.17, 15) is 4.79 Å². The Labute approximate surface area is 151 Å². The molecule has 0 saturated carbocycles. The van der Waals surface area contributed by atoms with Crippen LogP contribution in [0.1, 0.15) is 37.4 Å². The molecule has 4 nitrogen and oxygen atoms in total. The van der Waals surface area contributed by atoms with Crippen molar-refractivity contribution in [2.45, 2.75) is 32.4 Å². The summed E-state index contributed by atoms with van der Waals surface area (Å²) in [6, 6.07) is 16.8. The summed E-state index contributed by atoms with van der Waals surface area (Å²) in [6.45, 7) is 3.90. The number of hydrogen-bond donors (Lipinski definition) is 2. The SMILES string of the molecule is CC[C@@H](N[C@H](C)C(=O)Nc1ccccc1C#N)c1ccc(Br)cc1. The lowest BCUT2D eigenvalue weighted by atomic mass is 10.0. The van der Waals surface area contributed by atoms with Crippen molar-refractivity contribution in [3.63, 3.8) is 0 Å². The van der Waals surface area contributed by atoms with Gasteiger partial charge >= 0.3 is 0 Å². The van der Waals surface area contributed by atoms with Crippen LogP contribution in [0, 0.1) is 11.3 Å². The van der Waals surface area contributed by atoms with E-state index >= 15 is 0 Å². The van der Waals surface area contributed by atoms with Gasteiger partial charge in [-0.1, -0.05) is 47.1 Å². The Hall–Kier alpha value is -2.16. The van der Waals surface area contributed by atoms with Crippen molar-refractivity contribution < 1.29 is 4.79 Å². The van der Waals surface area contributed by atoms with Gasteiger partial charge in [0.1, 0.15) is 6.07 Å². The molecule has 2 rings (SSSR count). The quantitative estimate of drug-likeness (QED) is 0.774. The second-order valence-corrected chi connectivity index (χ2v) is 6.46. The number of carbonyl (C=O) groups is 1. The average molecular weight is 386 g/mol. The fraction of sp³-hybridized carbons (Fsp3) is 0.263. The van der Waals surface area contributed by atoms with Crippen LogP contribution >= 0.6 is 15.9 Å². The van der Waals surface area contributed by atoms with Crippen molar-refractivity contribution in [1.82, 2.24) is 5.32 Å². The summed E-state index contributed by atoms with van der Waals surface area (Å²) >= 11 is 3.43. The molecule has 2 N–H and O–H groups in total. The first-order valence-electron chi connectivity index (χ1n) is 7.86. The standard InChI is InChI=1S/C19H20BrN3O/c1-3-17(14-8-10-16(20)11-9-14)22-13(2)19(24)23-18-7-5-4-6-15(18)12-21/h4-11,13,17,22H,3H2,1-2H3,(H,23,24)/t13-,17-/m1/s1. The Kier molecular flexibility index (Phi) is 6.53. The van der Waals surface area contributed by atoms with E-state index in [4.69, 9.17) is 5.26 Å². The first kappa shape index (κ1) is 18.2. The molecule has 0 bridgehead atoms. The predicted molar refractivity (Wildman–Crippen MR) is 99.6 cm³/mol. The van der Waals surface area contributed by atoms with Crippen LogP contribution in [0.15, 0.2) is 53.0 Å². The number of amides is 1. The lowest BCUT2D eigenvalue weighted by Crippen LogP contribution is -2.40. The lowest BCUT2D eigenvalue weighted by molar-refractivity contribution is -0.118. The molecule has 0 heterocycles. The van der Waals surface area contributed by atoms with Gasteiger partial charge < -0.3 is 5.32 Å². The smallest absolute Gasteiger partial charge is 0.241 e. The molecule has 0 fully saturated rings. The van der Waals surface area contributed by atoms with Crippen LogP contribution in [0.4, 0.5) is 5.69 Å². The summed E-state index contributed by atoms with van der Waals surface area (Å²) in [6.07, 6.45) is 0.869. The molecular weight excluding hydrogens is 366 g/mol. The summed E-state index contributed by atoms with van der Waals surface area (Å²) < 4.78 is 1.03. The summed E-state index contributed by atoms with van der Waals surface area (Å²) in [5.74, 6) is -0.159. The second-order valence-electron chi connectivity index (χ2n) is 5.55. The van der Waals surface area contributed by atoms with E-state index in [1.165, 1.54) is 0 Å². The van der Waals surface area contributed by atoms with E-state index in [-0.39, 0.29) is 18.0 Å². The highest BCUT2D eigenvalue weighted by atomic mass is 79.9. The number of para-hydroxylation sites is 1. The van der Waals surface area contributed by atoms with E-state index in [0.717, 1.165) is 16.5 Å². The van der Waals surface area contributed by atoms with Gasteiger partial charge in [0.05, 0.1) is 17.3 Å². The van der Waals surface area contributed by atoms with E-state index < -0.39 is 0 Å². The van der Waals surface area contributed by atoms with Crippen LogP contribution in [0.3, 0.4) is 0 Å². The maximum absolute atomic E-state index is 12.4. The number of nitrogens with one attached hydrogen (secondary N) is 2. The molecule has 0 radical (unpaired) electrons. The van der Waals surface area contributed by atoms with E-state index in [2.05, 4.69) is 39.6 Å². The molecule has 5 heteroatoms. The number of carbonyl (C=O) groups excluding carboxylic acids is 1. The van der Waals surface area contributed by atoms with Crippen LogP contribution in [-0.2, 0) is 4.79 Å². The van der Waals surface area contributed by atoms with Gasteiger partial charge in [0.15, 0.2) is 0 Å². The van der Waals surface area contributed by atoms with E-state index in [0.29, 0.717) is 11.3 Å². The summed E-state index contributed by atoms with van der Waals surface area (Å²) in [5.41, 5.74) is 2.13. The summed E-state index contributed by atoms with van der Waals surface area (Å²) in [4.78, 5) is 12.4. The van der Waals surface area contributed by atoms with Gasteiger partial charge in [0.25, 0.3) is 0 Å². The minimum Gasteiger partial charge on any atom is -0.324 e. The number of nitriles is 1. The minimum atomic E-state index is -0.384. The Morgan fingerprint density at radius 1 is 1.21 bits per heavy atom. The fourth-order valence-electron chi connectivity index (χ4n) is 2.45. The van der Waals surface area contributed by atoms with Crippen LogP contribution in [-0.4, -0.2) is 11.9 Å². The van der Waals surface area contributed by atoms with Gasteiger partial charge in [-0.2, -0.15) is 5.26 Å². The van der Waals surface area contributed by atoms with Crippen molar-refractivity contribution >= 4 is 27.5 Å². The molecule has 0 saturated heterocycles. The molecule has 1 amide bonds. The third-order valence-electron chi connectivity index (χ3n) is 3.83. The first-order valence-corrected chi connectivity index (χ1v) is 8.66. The zero-order valence-electron chi connectivity index (χ0n) is 13.7. The minimum absolute atomic E-state index is 0.0880. The van der Waals surface area contributed by atoms with E-state index in [1.54, 1.807) is 24.3 Å². The number of anilines is 1. The highest BCUT2D eigenvalue weighted by Gasteiger charge is 2.19. The van der Waals surface area contributed by atoms with Gasteiger partial charge in [-0.3, -0.25) is 10.1 Å². The maximum atomic E-state index is 12.4. The molecule has 2 aromatic carbocycles. The zero-order chi connectivity index (χ0) is 17.5. The monoisotopic (exact) mass is 385 g/mol. The Balaban J connectivity index is 2.04. The first-order chi connectivity index (χ1) is 11.5. The Bertz CT molecular complexity index is 737. The molecular formula is C19H20BrN3O. The van der Waals surface area contributed by atoms with Gasteiger partial charge in [-0.05, 0) is 43.2 Å². The van der Waals surface area contributed by atoms with Crippen LogP contribution in [0.25, 0.3) is 0 Å². The third-order valence-corrected chi connectivity index (χ3v) is 4.36. The van der Waals surface area contributed by atoms with Crippen molar-refractivity contribution in [3.05, 3.63) is 64.1 Å². The molecule has 0 aliphatic carbocycles. The van der Waals surface area contributed by atoms with Gasteiger partial charge in [-0.15, -0.1) is 0 Å². The van der Waals surface area contributed by atoms with Gasteiger partial charge in [-0.25, -0.2) is 0 Å². The molecule has 124 valence electrons. The number of rotatable bonds is 6. The van der Waals surface area contributed by atoms with Crippen molar-refractivity contribution in [3.8, 4) is 6.07 Å². The van der Waals surface area contributed by atoms with Crippen molar-refractivity contribution in [2.24, 2.45) is 0 Å². The molecule has 2 atom stereocenters. The molecule has 0 aliphatic rings. The second kappa shape index (κ2) is 8.62. The largest absolute Gasteiger partial charge is 0.324 e. The zero-order valence-corrected chi connectivity index (χ0v) is 15.3. The number of hydrogen-bond acceptors (Lipinski definition) is 3. The molecule has 0 unspecified atom stereocenters. The van der Waals surface area contributed by atoms with Crippen LogP contribution in [0.2, 0.25) is 0 Å². The predicted octanol–water partition coefficient (Wildman–Crippen LogP) is 4.39. The highest BCUT2D eigenvalue weighted by Crippen LogP contribution is 2.20. The van der Waals surface area contributed by atoms with Crippen molar-refractivity contribution in [2.75, 3.05) is 5.32 Å². The Morgan fingerprint density at radius 2 is 1.88 bits per heavy atom. The Morgan fingerprint density at radius 3 is 2.50 bits per heavy atom. The average Bonchev–Trinajstić information content (AvgIpc) is 2.60. The summed E-state index contributed by atoms with van der Waals surface area (Å²) in [5, 5.41) is 15.3. The molecule has 0 aromatic heterocycles. The normalized spacial score (nSPS) is 12.9. The molecule has 2 aromatic rings. The van der Waals surface area contributed by atoms with Crippen LogP contribution < -0.4 is 10.6 Å². The highest BCUT2D eigenvalue weighted by molar-refractivity contribution is 9.10. The lowest BCUT2D eigenvalue weighted by Gasteiger charge is -2.22. The topological polar surface area (TPSA) is 64.9 Å². The van der Waals surface area contributed by atoms with Gasteiger partial charge in [0, 0.05) is 10.5 Å². The number of halogens is 1. The third kappa shape index (κ3) is 4.67. The van der Waals surface area contributed by atoms with Crippen LogP contribution in [0.5, 0.6) is 0 Å². The van der Waals surface area contributed by atoms with E-state index in [1.807, 2.05) is 31.2 Å². The number of nitrogens with zero attached hydrogens (tertiary/aromatic N) is 1. The number of benzene rings is 2. The fourth-order valence-corrected chi connectivity index (χ4v) is 2.72. The summed E-state index contributed by atoms with van der Waals surface area (Å²) in [7, 11) is 0. The molecule has 0 aliphatic heterocycles. The van der Waals surface area contributed by atoms with Gasteiger partial charge in [0.2, 0.25) is 5.91 Å². The maximum Gasteiger partial charge on any atom is 0.241 e. The van der Waals surface area contributed by atoms with Crippen molar-refractivity contribution in [1.29, 1.82) is 5.26 Å². The molecule has 24 heavy (non-hydrogen) atoms. The molecule has 0 spiro atoms.